The van der Waals surface area contributed by atoms with Gasteiger partial charge in [-0.25, -0.2) is 0 Å². The van der Waals surface area contributed by atoms with Gasteiger partial charge in [0.1, 0.15) is 18.5 Å². The van der Waals surface area contributed by atoms with Crippen LogP contribution >= 0.6 is 15.9 Å². The highest BCUT2D eigenvalue weighted by molar-refractivity contribution is 9.10. The standard InChI is InChI=1S/C16H26BrNO3/c1-11(2)18-8-13-7-15(5-6-16(13)17)21-10-14(19)9-20-12(3)4/h5-7,11-12,14,18-19H,8-10H2,1-4H3. The van der Waals surface area contributed by atoms with Crippen molar-refractivity contribution in [3.63, 3.8) is 0 Å². The van der Waals surface area contributed by atoms with E-state index in [9.17, 15) is 5.11 Å². The van der Waals surface area contributed by atoms with Crippen molar-refractivity contribution in [3.8, 4) is 5.75 Å². The first-order valence-corrected chi connectivity index (χ1v) is 8.12. The fourth-order valence-corrected chi connectivity index (χ4v) is 2.02. The van der Waals surface area contributed by atoms with Gasteiger partial charge < -0.3 is 19.9 Å². The molecular formula is C16H26BrNO3. The first-order chi connectivity index (χ1) is 9.88. The van der Waals surface area contributed by atoms with Crippen LogP contribution in [-0.2, 0) is 11.3 Å². The molecule has 4 nitrogen and oxygen atoms in total. The highest BCUT2D eigenvalue weighted by Crippen LogP contribution is 2.22. The fourth-order valence-electron chi connectivity index (χ4n) is 1.63. The first kappa shape index (κ1) is 18.4. The van der Waals surface area contributed by atoms with Crippen LogP contribution in [0, 0.1) is 0 Å². The maximum absolute atomic E-state index is 9.79. The Bertz CT molecular complexity index is 424. The molecule has 0 aliphatic heterocycles. The lowest BCUT2D eigenvalue weighted by molar-refractivity contribution is -0.0122. The Labute approximate surface area is 136 Å². The fraction of sp³-hybridized carbons (Fsp3) is 0.625. The zero-order valence-electron chi connectivity index (χ0n) is 13.2. The van der Waals surface area contributed by atoms with E-state index in [-0.39, 0.29) is 19.3 Å². The third kappa shape index (κ3) is 7.81. The topological polar surface area (TPSA) is 50.7 Å². The van der Waals surface area contributed by atoms with Gasteiger partial charge in [-0.15, -0.1) is 0 Å². The van der Waals surface area contributed by atoms with E-state index in [1.807, 2.05) is 32.0 Å². The molecule has 0 aliphatic rings. The van der Waals surface area contributed by atoms with Gasteiger partial charge in [0.25, 0.3) is 0 Å². The van der Waals surface area contributed by atoms with Crippen LogP contribution in [0.4, 0.5) is 0 Å². The van der Waals surface area contributed by atoms with Crippen molar-refractivity contribution in [2.75, 3.05) is 13.2 Å². The molecule has 1 aromatic carbocycles. The number of rotatable bonds is 9. The van der Waals surface area contributed by atoms with Crippen LogP contribution in [0.2, 0.25) is 0 Å². The van der Waals surface area contributed by atoms with E-state index in [1.165, 1.54) is 0 Å². The molecule has 0 saturated carbocycles. The monoisotopic (exact) mass is 359 g/mol. The van der Waals surface area contributed by atoms with Crippen LogP contribution in [0.15, 0.2) is 22.7 Å². The van der Waals surface area contributed by atoms with Crippen molar-refractivity contribution < 1.29 is 14.6 Å². The van der Waals surface area contributed by atoms with Gasteiger partial charge >= 0.3 is 0 Å². The lowest BCUT2D eigenvalue weighted by Crippen LogP contribution is -2.25. The van der Waals surface area contributed by atoms with Gasteiger partial charge in [-0.1, -0.05) is 29.8 Å². The van der Waals surface area contributed by atoms with E-state index in [0.717, 1.165) is 22.3 Å². The molecule has 0 radical (unpaired) electrons. The molecule has 0 aromatic heterocycles. The zero-order chi connectivity index (χ0) is 15.8. The summed E-state index contributed by atoms with van der Waals surface area (Å²) < 4.78 is 12.0. The number of hydrogen-bond donors (Lipinski definition) is 2. The van der Waals surface area contributed by atoms with Gasteiger partial charge in [-0.3, -0.25) is 0 Å². The maximum Gasteiger partial charge on any atom is 0.119 e. The second-order valence-electron chi connectivity index (χ2n) is 5.64. The van der Waals surface area contributed by atoms with Crippen molar-refractivity contribution in [2.24, 2.45) is 0 Å². The number of benzene rings is 1. The lowest BCUT2D eigenvalue weighted by atomic mass is 10.2. The highest BCUT2D eigenvalue weighted by Gasteiger charge is 2.08. The Balaban J connectivity index is 2.49. The predicted molar refractivity (Wildman–Crippen MR) is 88.7 cm³/mol. The summed E-state index contributed by atoms with van der Waals surface area (Å²) in [4.78, 5) is 0. The molecule has 0 saturated heterocycles. The second kappa shape index (κ2) is 9.41. The molecule has 0 fully saturated rings. The molecule has 0 aliphatic carbocycles. The molecule has 0 heterocycles. The van der Waals surface area contributed by atoms with Gasteiger partial charge in [0.15, 0.2) is 0 Å². The number of hydrogen-bond acceptors (Lipinski definition) is 4. The minimum absolute atomic E-state index is 0.112. The quantitative estimate of drug-likeness (QED) is 0.711. The predicted octanol–water partition coefficient (Wildman–Crippen LogP) is 3.11. The first-order valence-electron chi connectivity index (χ1n) is 7.32. The summed E-state index contributed by atoms with van der Waals surface area (Å²) in [6, 6.07) is 6.26. The average Bonchev–Trinajstić information content (AvgIpc) is 2.42. The molecule has 1 unspecified atom stereocenters. The molecular weight excluding hydrogens is 334 g/mol. The molecule has 1 aromatic rings. The molecule has 120 valence electrons. The second-order valence-corrected chi connectivity index (χ2v) is 6.49. The summed E-state index contributed by atoms with van der Waals surface area (Å²) in [5, 5.41) is 13.2. The van der Waals surface area contributed by atoms with Gasteiger partial charge in [0.2, 0.25) is 0 Å². The van der Waals surface area contributed by atoms with E-state index in [2.05, 4.69) is 35.1 Å². The van der Waals surface area contributed by atoms with E-state index in [4.69, 9.17) is 9.47 Å². The summed E-state index contributed by atoms with van der Waals surface area (Å²) in [5.41, 5.74) is 1.13. The molecule has 1 atom stereocenters. The number of nitrogens with one attached hydrogen (secondary N) is 1. The summed E-state index contributed by atoms with van der Waals surface area (Å²) in [6.45, 7) is 9.39. The minimum atomic E-state index is -0.617. The van der Waals surface area contributed by atoms with Gasteiger partial charge in [0, 0.05) is 17.1 Å². The Morgan fingerprint density at radius 1 is 1.19 bits per heavy atom. The Hall–Kier alpha value is -0.620. The Morgan fingerprint density at radius 2 is 1.90 bits per heavy atom. The zero-order valence-corrected chi connectivity index (χ0v) is 14.8. The van der Waals surface area contributed by atoms with Crippen LogP contribution < -0.4 is 10.1 Å². The number of aliphatic hydroxyl groups excluding tert-OH is 1. The molecule has 21 heavy (non-hydrogen) atoms. The summed E-state index contributed by atoms with van der Waals surface area (Å²) >= 11 is 3.54. The normalized spacial score (nSPS) is 13.0. The van der Waals surface area contributed by atoms with E-state index < -0.39 is 6.10 Å². The average molecular weight is 360 g/mol. The minimum Gasteiger partial charge on any atom is -0.491 e. The molecule has 0 amide bonds. The number of halogens is 1. The van der Waals surface area contributed by atoms with Gasteiger partial charge in [-0.05, 0) is 37.6 Å². The van der Waals surface area contributed by atoms with Crippen LogP contribution in [0.3, 0.4) is 0 Å². The lowest BCUT2D eigenvalue weighted by Gasteiger charge is -2.16. The van der Waals surface area contributed by atoms with Crippen LogP contribution in [0.5, 0.6) is 5.75 Å². The molecule has 0 bridgehead atoms. The van der Waals surface area contributed by atoms with E-state index in [0.29, 0.717) is 6.04 Å². The van der Waals surface area contributed by atoms with E-state index in [1.54, 1.807) is 0 Å². The van der Waals surface area contributed by atoms with Gasteiger partial charge in [0.05, 0.1) is 12.7 Å². The Morgan fingerprint density at radius 3 is 2.52 bits per heavy atom. The third-order valence-corrected chi connectivity index (χ3v) is 3.56. The van der Waals surface area contributed by atoms with Crippen molar-refractivity contribution in [3.05, 3.63) is 28.2 Å². The highest BCUT2D eigenvalue weighted by atomic mass is 79.9. The summed E-state index contributed by atoms with van der Waals surface area (Å²) in [7, 11) is 0. The largest absolute Gasteiger partial charge is 0.491 e. The smallest absolute Gasteiger partial charge is 0.119 e. The molecule has 2 N–H and O–H groups in total. The molecule has 0 spiro atoms. The van der Waals surface area contributed by atoms with Crippen molar-refractivity contribution >= 4 is 15.9 Å². The Kier molecular flexibility index (Phi) is 8.26. The number of aliphatic hydroxyl groups is 1. The SMILES string of the molecule is CC(C)NCc1cc(OCC(O)COC(C)C)ccc1Br. The molecule has 5 heteroatoms. The van der Waals surface area contributed by atoms with Crippen LogP contribution in [-0.4, -0.2) is 36.6 Å². The summed E-state index contributed by atoms with van der Waals surface area (Å²) in [6.07, 6.45) is -0.505. The van der Waals surface area contributed by atoms with Crippen LogP contribution in [0.25, 0.3) is 0 Å². The van der Waals surface area contributed by atoms with Crippen molar-refractivity contribution in [1.82, 2.24) is 5.32 Å². The summed E-state index contributed by atoms with van der Waals surface area (Å²) in [5.74, 6) is 0.752. The van der Waals surface area contributed by atoms with Crippen molar-refractivity contribution in [2.45, 2.75) is 52.5 Å². The maximum atomic E-state index is 9.79. The van der Waals surface area contributed by atoms with Gasteiger partial charge in [-0.2, -0.15) is 0 Å². The van der Waals surface area contributed by atoms with E-state index >= 15 is 0 Å². The van der Waals surface area contributed by atoms with Crippen LogP contribution in [0.1, 0.15) is 33.3 Å². The number of ether oxygens (including phenoxy) is 2. The molecule has 1 rings (SSSR count). The van der Waals surface area contributed by atoms with Crippen molar-refractivity contribution in [1.29, 1.82) is 0 Å². The third-order valence-electron chi connectivity index (χ3n) is 2.78.